The smallest absolute Gasteiger partial charge is 0.231 e. The van der Waals surface area contributed by atoms with Crippen molar-refractivity contribution in [2.45, 2.75) is 25.3 Å². The van der Waals surface area contributed by atoms with E-state index in [-0.39, 0.29) is 0 Å². The van der Waals surface area contributed by atoms with Crippen LogP contribution in [0.3, 0.4) is 0 Å². The summed E-state index contributed by atoms with van der Waals surface area (Å²) < 4.78 is 7.04. The molecule has 24 heavy (non-hydrogen) atoms. The molecule has 7 nitrogen and oxygen atoms in total. The van der Waals surface area contributed by atoms with Crippen LogP contribution in [0.25, 0.3) is 5.65 Å². The fraction of sp³-hybridized carbons (Fsp3) is 0.412. The van der Waals surface area contributed by atoms with Crippen molar-refractivity contribution in [3.63, 3.8) is 0 Å². The minimum absolute atomic E-state index is 0.379. The lowest BCUT2D eigenvalue weighted by atomic mass is 9.96. The Morgan fingerprint density at radius 2 is 2.04 bits per heavy atom. The second kappa shape index (κ2) is 6.52. The molecule has 1 aliphatic rings. The first kappa shape index (κ1) is 15.0. The van der Waals surface area contributed by atoms with Gasteiger partial charge in [0.1, 0.15) is 0 Å². The maximum atomic E-state index is 5.22. The number of nitrogens with zero attached hydrogens (tertiary/aromatic N) is 6. The van der Waals surface area contributed by atoms with E-state index in [1.165, 1.54) is 5.56 Å². The zero-order chi connectivity index (χ0) is 16.4. The first-order valence-corrected chi connectivity index (χ1v) is 8.21. The molecule has 124 valence electrons. The fourth-order valence-corrected chi connectivity index (χ4v) is 3.25. The number of methoxy groups -OCH3 is 1. The van der Waals surface area contributed by atoms with Gasteiger partial charge in [-0.05, 0) is 43.6 Å². The Bertz CT molecular complexity index is 810. The molecule has 7 heteroatoms. The van der Waals surface area contributed by atoms with E-state index in [2.05, 4.69) is 31.2 Å². The molecule has 0 aromatic carbocycles. The molecule has 0 N–H and O–H groups in total. The summed E-state index contributed by atoms with van der Waals surface area (Å²) in [6, 6.07) is 7.81. The molecule has 4 heterocycles. The van der Waals surface area contributed by atoms with Crippen LogP contribution in [0.4, 0.5) is 0 Å². The van der Waals surface area contributed by atoms with Gasteiger partial charge in [0.05, 0.1) is 7.11 Å². The zero-order valence-corrected chi connectivity index (χ0v) is 13.7. The van der Waals surface area contributed by atoms with Gasteiger partial charge in [0.2, 0.25) is 5.88 Å². The monoisotopic (exact) mass is 324 g/mol. The summed E-state index contributed by atoms with van der Waals surface area (Å²) >= 11 is 0. The number of pyridine rings is 1. The number of likely N-dealkylation sites (tertiary alicyclic amines) is 1. The Balaban J connectivity index is 1.46. The highest BCUT2D eigenvalue weighted by Crippen LogP contribution is 2.27. The minimum Gasteiger partial charge on any atom is -0.480 e. The highest BCUT2D eigenvalue weighted by molar-refractivity contribution is 5.38. The number of piperidine rings is 1. The summed E-state index contributed by atoms with van der Waals surface area (Å²) in [5.41, 5.74) is 2.03. The van der Waals surface area contributed by atoms with Crippen LogP contribution >= 0.6 is 0 Å². The Labute approximate surface area is 140 Å². The van der Waals surface area contributed by atoms with Crippen LogP contribution < -0.4 is 4.74 Å². The van der Waals surface area contributed by atoms with Gasteiger partial charge in [-0.2, -0.15) is 4.52 Å². The first-order valence-electron chi connectivity index (χ1n) is 8.21. The molecule has 3 aromatic rings. The number of hydrogen-bond donors (Lipinski definition) is 0. The van der Waals surface area contributed by atoms with Gasteiger partial charge >= 0.3 is 0 Å². The third-order valence-corrected chi connectivity index (χ3v) is 4.55. The highest BCUT2D eigenvalue weighted by atomic mass is 16.5. The number of rotatable bonds is 4. The molecule has 0 unspecified atom stereocenters. The summed E-state index contributed by atoms with van der Waals surface area (Å²) in [6.45, 7) is 3.03. The van der Waals surface area contributed by atoms with Crippen molar-refractivity contribution < 1.29 is 4.74 Å². The van der Waals surface area contributed by atoms with Gasteiger partial charge in [0.15, 0.2) is 11.5 Å². The van der Waals surface area contributed by atoms with Crippen LogP contribution in [0.15, 0.2) is 36.7 Å². The van der Waals surface area contributed by atoms with E-state index < -0.39 is 0 Å². The molecule has 1 fully saturated rings. The summed E-state index contributed by atoms with van der Waals surface area (Å²) in [4.78, 5) is 6.65. The molecule has 0 aliphatic carbocycles. The summed E-state index contributed by atoms with van der Waals surface area (Å²) in [5, 5.41) is 13.1. The standard InChI is InChI=1S/C17H20N6O/c1-24-16-5-4-15-19-20-17(23(15)21-16)14-6-9-22(10-7-14)12-13-3-2-8-18-11-13/h2-5,8,11,14H,6-7,9-10,12H2,1H3. The van der Waals surface area contributed by atoms with E-state index >= 15 is 0 Å². The Morgan fingerprint density at radius 1 is 1.17 bits per heavy atom. The normalized spacial score (nSPS) is 16.5. The van der Waals surface area contributed by atoms with Crippen molar-refractivity contribution in [2.24, 2.45) is 0 Å². The quantitative estimate of drug-likeness (QED) is 0.730. The van der Waals surface area contributed by atoms with Crippen molar-refractivity contribution in [2.75, 3.05) is 20.2 Å². The third-order valence-electron chi connectivity index (χ3n) is 4.55. The number of ether oxygens (including phenoxy) is 1. The third kappa shape index (κ3) is 2.94. The van der Waals surface area contributed by atoms with Crippen molar-refractivity contribution in [3.8, 4) is 5.88 Å². The van der Waals surface area contributed by atoms with E-state index in [4.69, 9.17) is 4.74 Å². The van der Waals surface area contributed by atoms with Crippen LogP contribution in [-0.2, 0) is 6.54 Å². The molecule has 0 amide bonds. The van der Waals surface area contributed by atoms with Crippen LogP contribution in [0.1, 0.15) is 30.1 Å². The van der Waals surface area contributed by atoms with Crippen molar-refractivity contribution in [3.05, 3.63) is 48.0 Å². The fourth-order valence-electron chi connectivity index (χ4n) is 3.25. The average Bonchev–Trinajstić information content (AvgIpc) is 3.06. The molecule has 0 spiro atoms. The lowest BCUT2D eigenvalue weighted by molar-refractivity contribution is 0.200. The molecule has 3 aromatic heterocycles. The molecule has 0 bridgehead atoms. The number of hydrogen-bond acceptors (Lipinski definition) is 6. The maximum Gasteiger partial charge on any atom is 0.231 e. The van der Waals surface area contributed by atoms with E-state index in [1.54, 1.807) is 7.11 Å². The minimum atomic E-state index is 0.379. The first-order chi connectivity index (χ1) is 11.8. The molecule has 0 radical (unpaired) electrons. The van der Waals surface area contributed by atoms with Gasteiger partial charge < -0.3 is 4.74 Å². The average molecular weight is 324 g/mol. The van der Waals surface area contributed by atoms with Crippen LogP contribution in [-0.4, -0.2) is 49.9 Å². The van der Waals surface area contributed by atoms with E-state index in [0.29, 0.717) is 11.8 Å². The molecule has 0 atom stereocenters. The second-order valence-electron chi connectivity index (χ2n) is 6.12. The van der Waals surface area contributed by atoms with Crippen molar-refractivity contribution in [1.29, 1.82) is 0 Å². The molecule has 0 saturated carbocycles. The van der Waals surface area contributed by atoms with Gasteiger partial charge in [0.25, 0.3) is 0 Å². The summed E-state index contributed by atoms with van der Waals surface area (Å²) in [6.07, 6.45) is 5.86. The summed E-state index contributed by atoms with van der Waals surface area (Å²) in [7, 11) is 1.62. The van der Waals surface area contributed by atoms with Crippen LogP contribution in [0.5, 0.6) is 5.88 Å². The molecule has 1 aliphatic heterocycles. The largest absolute Gasteiger partial charge is 0.480 e. The molecular weight excluding hydrogens is 304 g/mol. The molecule has 1 saturated heterocycles. The number of aromatic nitrogens is 5. The topological polar surface area (TPSA) is 68.4 Å². The van der Waals surface area contributed by atoms with Crippen LogP contribution in [0, 0.1) is 0 Å². The van der Waals surface area contributed by atoms with Crippen molar-refractivity contribution >= 4 is 5.65 Å². The maximum absolute atomic E-state index is 5.22. The highest BCUT2D eigenvalue weighted by Gasteiger charge is 2.25. The van der Waals surface area contributed by atoms with Gasteiger partial charge in [-0.15, -0.1) is 15.3 Å². The summed E-state index contributed by atoms with van der Waals surface area (Å²) in [5.74, 6) is 1.90. The Morgan fingerprint density at radius 3 is 2.79 bits per heavy atom. The second-order valence-corrected chi connectivity index (χ2v) is 6.12. The van der Waals surface area contributed by atoms with Gasteiger partial charge in [-0.1, -0.05) is 6.07 Å². The van der Waals surface area contributed by atoms with Gasteiger partial charge in [0, 0.05) is 30.9 Å². The Hall–Kier alpha value is -2.54. The van der Waals surface area contributed by atoms with Crippen molar-refractivity contribution in [1.82, 2.24) is 29.7 Å². The Kier molecular flexibility index (Phi) is 4.08. The van der Waals surface area contributed by atoms with E-state index in [1.807, 2.05) is 35.1 Å². The predicted molar refractivity (Wildman–Crippen MR) is 88.8 cm³/mol. The predicted octanol–water partition coefficient (Wildman–Crippen LogP) is 1.91. The number of fused-ring (bicyclic) bond motifs is 1. The lowest BCUT2D eigenvalue weighted by Crippen LogP contribution is -2.33. The SMILES string of the molecule is COc1ccc2nnc(C3CCN(Cc4cccnc4)CC3)n2n1. The molecule has 4 rings (SSSR count). The lowest BCUT2D eigenvalue weighted by Gasteiger charge is -2.30. The van der Waals surface area contributed by atoms with E-state index in [0.717, 1.165) is 43.9 Å². The van der Waals surface area contributed by atoms with E-state index in [9.17, 15) is 0 Å². The van der Waals surface area contributed by atoms with Gasteiger partial charge in [-0.3, -0.25) is 9.88 Å². The zero-order valence-electron chi connectivity index (χ0n) is 13.7. The van der Waals surface area contributed by atoms with Crippen LogP contribution in [0.2, 0.25) is 0 Å². The van der Waals surface area contributed by atoms with Gasteiger partial charge in [-0.25, -0.2) is 0 Å². The molecular formula is C17H20N6O.